The van der Waals surface area contributed by atoms with Gasteiger partial charge in [-0.15, -0.1) is 0 Å². The molecule has 0 spiro atoms. The number of rotatable bonds is 5. The van der Waals surface area contributed by atoms with Gasteiger partial charge in [-0.25, -0.2) is 14.5 Å². The molecule has 2 heterocycles. The van der Waals surface area contributed by atoms with Crippen LogP contribution >= 0.6 is 0 Å². The van der Waals surface area contributed by atoms with Crippen molar-refractivity contribution < 1.29 is 14.3 Å². The molecule has 1 amide bonds. The molecule has 2 aromatic rings. The fourth-order valence-corrected chi connectivity index (χ4v) is 1.83. The van der Waals surface area contributed by atoms with Crippen LogP contribution in [0.3, 0.4) is 0 Å². The van der Waals surface area contributed by atoms with Gasteiger partial charge in [-0.1, -0.05) is 0 Å². The largest absolute Gasteiger partial charge is 0.448 e. The molecule has 0 aliphatic rings. The lowest BCUT2D eigenvalue weighted by atomic mass is 10.3. The van der Waals surface area contributed by atoms with Crippen molar-refractivity contribution in [1.82, 2.24) is 19.7 Å². The van der Waals surface area contributed by atoms with Crippen molar-refractivity contribution in [1.29, 1.82) is 0 Å². The van der Waals surface area contributed by atoms with E-state index in [1.807, 2.05) is 13.8 Å². The Morgan fingerprint density at radius 2 is 1.96 bits per heavy atom. The summed E-state index contributed by atoms with van der Waals surface area (Å²) in [6.07, 6.45) is 3.40. The molecule has 0 aromatic carbocycles. The van der Waals surface area contributed by atoms with Gasteiger partial charge in [0.2, 0.25) is 0 Å². The Balaban J connectivity index is 1.98. The predicted octanol–water partition coefficient (Wildman–Crippen LogP) is 1.75. The fourth-order valence-electron chi connectivity index (χ4n) is 1.83. The van der Waals surface area contributed by atoms with Gasteiger partial charge in [0, 0.05) is 18.3 Å². The van der Waals surface area contributed by atoms with E-state index in [1.165, 1.54) is 19.3 Å². The van der Waals surface area contributed by atoms with E-state index in [2.05, 4.69) is 20.4 Å². The molecule has 0 bridgehead atoms. The normalized spacial score (nSPS) is 12.0. The standard InChI is InChI=1S/C15H19N5O3/c1-9(2)20-13(5-6-18-20)19-14(21)11(4)23-15(22)12-8-16-10(3)7-17-12/h5-9,11H,1-4H3,(H,19,21). The molecule has 0 saturated heterocycles. The average Bonchev–Trinajstić information content (AvgIpc) is 2.96. The first kappa shape index (κ1) is 16.6. The van der Waals surface area contributed by atoms with Crippen molar-refractivity contribution in [2.75, 3.05) is 5.32 Å². The number of anilines is 1. The third-order valence-corrected chi connectivity index (χ3v) is 3.05. The number of nitrogens with zero attached hydrogens (tertiary/aromatic N) is 4. The Labute approximate surface area is 133 Å². The van der Waals surface area contributed by atoms with E-state index in [0.29, 0.717) is 11.5 Å². The molecule has 2 aromatic heterocycles. The molecule has 0 aliphatic carbocycles. The lowest BCUT2D eigenvalue weighted by molar-refractivity contribution is -0.123. The molecule has 0 radical (unpaired) electrons. The van der Waals surface area contributed by atoms with Crippen LogP contribution in [0.4, 0.5) is 5.82 Å². The molecule has 0 aliphatic heterocycles. The molecular formula is C15H19N5O3. The van der Waals surface area contributed by atoms with Crippen molar-refractivity contribution in [2.45, 2.75) is 39.8 Å². The van der Waals surface area contributed by atoms with Gasteiger partial charge in [0.05, 0.1) is 18.1 Å². The first-order valence-electron chi connectivity index (χ1n) is 7.22. The van der Waals surface area contributed by atoms with Crippen LogP contribution in [0.5, 0.6) is 0 Å². The summed E-state index contributed by atoms with van der Waals surface area (Å²) < 4.78 is 6.77. The maximum absolute atomic E-state index is 12.1. The molecule has 1 N–H and O–H groups in total. The third kappa shape index (κ3) is 4.12. The van der Waals surface area contributed by atoms with E-state index >= 15 is 0 Å². The summed E-state index contributed by atoms with van der Waals surface area (Å²) in [5.74, 6) is -0.596. The lowest BCUT2D eigenvalue weighted by Gasteiger charge is -2.15. The quantitative estimate of drug-likeness (QED) is 0.843. The van der Waals surface area contributed by atoms with Gasteiger partial charge in [-0.2, -0.15) is 5.10 Å². The molecule has 8 nitrogen and oxygen atoms in total. The summed E-state index contributed by atoms with van der Waals surface area (Å²) in [5, 5.41) is 6.81. The Morgan fingerprint density at radius 3 is 2.57 bits per heavy atom. The zero-order chi connectivity index (χ0) is 17.0. The molecule has 1 atom stereocenters. The number of ether oxygens (including phenoxy) is 1. The molecular weight excluding hydrogens is 298 g/mol. The monoisotopic (exact) mass is 317 g/mol. The van der Waals surface area contributed by atoms with Gasteiger partial charge in [-0.3, -0.25) is 9.78 Å². The Bertz CT molecular complexity index is 693. The van der Waals surface area contributed by atoms with Gasteiger partial charge < -0.3 is 10.1 Å². The van der Waals surface area contributed by atoms with Gasteiger partial charge in [0.25, 0.3) is 5.91 Å². The topological polar surface area (TPSA) is 99.0 Å². The number of carbonyl (C=O) groups excluding carboxylic acids is 2. The van der Waals surface area contributed by atoms with Gasteiger partial charge in [0.1, 0.15) is 5.82 Å². The van der Waals surface area contributed by atoms with Crippen LogP contribution in [-0.2, 0) is 9.53 Å². The highest BCUT2D eigenvalue weighted by molar-refractivity contribution is 5.96. The maximum atomic E-state index is 12.1. The fraction of sp³-hybridized carbons (Fsp3) is 0.400. The first-order valence-corrected chi connectivity index (χ1v) is 7.22. The highest BCUT2D eigenvalue weighted by Crippen LogP contribution is 2.13. The van der Waals surface area contributed by atoms with E-state index in [-0.39, 0.29) is 11.7 Å². The molecule has 0 saturated carbocycles. The minimum Gasteiger partial charge on any atom is -0.448 e. The van der Waals surface area contributed by atoms with Crippen molar-refractivity contribution in [3.63, 3.8) is 0 Å². The third-order valence-electron chi connectivity index (χ3n) is 3.05. The highest BCUT2D eigenvalue weighted by Gasteiger charge is 2.21. The van der Waals surface area contributed by atoms with Crippen molar-refractivity contribution in [2.24, 2.45) is 0 Å². The first-order chi connectivity index (χ1) is 10.9. The van der Waals surface area contributed by atoms with Crippen LogP contribution in [0.2, 0.25) is 0 Å². The Kier molecular flexibility index (Phi) is 5.05. The number of aromatic nitrogens is 4. The summed E-state index contributed by atoms with van der Waals surface area (Å²) >= 11 is 0. The number of carbonyl (C=O) groups is 2. The summed E-state index contributed by atoms with van der Waals surface area (Å²) in [5.41, 5.74) is 0.747. The smallest absolute Gasteiger partial charge is 0.359 e. The highest BCUT2D eigenvalue weighted by atomic mass is 16.5. The summed E-state index contributed by atoms with van der Waals surface area (Å²) in [6.45, 7) is 7.14. The molecule has 0 fully saturated rings. The minimum absolute atomic E-state index is 0.0578. The van der Waals surface area contributed by atoms with E-state index in [0.717, 1.165) is 0 Å². The lowest BCUT2D eigenvalue weighted by Crippen LogP contribution is -2.31. The van der Waals surface area contributed by atoms with E-state index in [9.17, 15) is 9.59 Å². The van der Waals surface area contributed by atoms with Crippen molar-refractivity contribution in [3.8, 4) is 0 Å². The second-order valence-corrected chi connectivity index (χ2v) is 5.33. The number of hydrogen-bond acceptors (Lipinski definition) is 6. The van der Waals surface area contributed by atoms with Gasteiger partial charge >= 0.3 is 5.97 Å². The van der Waals surface area contributed by atoms with Crippen LogP contribution in [0.15, 0.2) is 24.7 Å². The van der Waals surface area contributed by atoms with E-state index in [4.69, 9.17) is 4.74 Å². The molecule has 8 heteroatoms. The van der Waals surface area contributed by atoms with Crippen LogP contribution in [-0.4, -0.2) is 37.7 Å². The number of esters is 1. The molecule has 2 rings (SSSR count). The van der Waals surface area contributed by atoms with Gasteiger partial charge in [-0.05, 0) is 27.7 Å². The Morgan fingerprint density at radius 1 is 1.22 bits per heavy atom. The average molecular weight is 317 g/mol. The number of amides is 1. The van der Waals surface area contributed by atoms with Crippen molar-refractivity contribution in [3.05, 3.63) is 36.0 Å². The van der Waals surface area contributed by atoms with Crippen LogP contribution < -0.4 is 5.32 Å². The predicted molar refractivity (Wildman–Crippen MR) is 82.9 cm³/mol. The van der Waals surface area contributed by atoms with Crippen molar-refractivity contribution >= 4 is 17.7 Å². The summed E-state index contributed by atoms with van der Waals surface area (Å²) in [6, 6.07) is 1.78. The van der Waals surface area contributed by atoms with E-state index in [1.54, 1.807) is 23.9 Å². The molecule has 1 unspecified atom stereocenters. The van der Waals surface area contributed by atoms with Crippen LogP contribution in [0.1, 0.15) is 43.0 Å². The number of hydrogen-bond donors (Lipinski definition) is 1. The molecule has 122 valence electrons. The Hall–Kier alpha value is -2.77. The zero-order valence-corrected chi connectivity index (χ0v) is 13.5. The summed E-state index contributed by atoms with van der Waals surface area (Å²) in [4.78, 5) is 32.0. The maximum Gasteiger partial charge on any atom is 0.359 e. The number of aryl methyl sites for hydroxylation is 1. The second kappa shape index (κ2) is 6.99. The zero-order valence-electron chi connectivity index (χ0n) is 13.5. The van der Waals surface area contributed by atoms with Crippen LogP contribution in [0, 0.1) is 6.92 Å². The summed E-state index contributed by atoms with van der Waals surface area (Å²) in [7, 11) is 0. The number of nitrogens with one attached hydrogen (secondary N) is 1. The SMILES string of the molecule is Cc1cnc(C(=O)OC(C)C(=O)Nc2ccnn2C(C)C)cn1. The van der Waals surface area contributed by atoms with Gasteiger partial charge in [0.15, 0.2) is 11.8 Å². The second-order valence-electron chi connectivity index (χ2n) is 5.33. The van der Waals surface area contributed by atoms with E-state index < -0.39 is 18.0 Å². The van der Waals surface area contributed by atoms with Crippen LogP contribution in [0.25, 0.3) is 0 Å². The molecule has 23 heavy (non-hydrogen) atoms. The minimum atomic E-state index is -0.971.